The molecule has 0 spiro atoms. The highest BCUT2D eigenvalue weighted by Gasteiger charge is 2.23. The van der Waals surface area contributed by atoms with Gasteiger partial charge in [-0.3, -0.25) is 0 Å². The highest BCUT2D eigenvalue weighted by molar-refractivity contribution is 5.62. The van der Waals surface area contributed by atoms with Crippen LogP contribution in [0.25, 0.3) is 6.08 Å². The zero-order valence-corrected chi connectivity index (χ0v) is 18.1. The smallest absolute Gasteiger partial charge is 0.203 e. The van der Waals surface area contributed by atoms with Crippen LogP contribution in [0.4, 0.5) is 0 Å². The predicted octanol–water partition coefficient (Wildman–Crippen LogP) is 4.53. The van der Waals surface area contributed by atoms with E-state index in [1.165, 1.54) is 0 Å². The molecule has 6 heteroatoms. The van der Waals surface area contributed by atoms with E-state index in [9.17, 15) is 0 Å². The van der Waals surface area contributed by atoms with Gasteiger partial charge in [0.15, 0.2) is 23.0 Å². The summed E-state index contributed by atoms with van der Waals surface area (Å²) in [5.74, 6) is 3.41. The second-order valence-electron chi connectivity index (χ2n) is 6.96. The van der Waals surface area contributed by atoms with Crippen LogP contribution in [-0.4, -0.2) is 47.3 Å². The van der Waals surface area contributed by atoms with Crippen molar-refractivity contribution in [3.8, 4) is 28.7 Å². The lowest BCUT2D eigenvalue weighted by atomic mass is 10.1. The maximum atomic E-state index is 5.80. The molecule has 0 aliphatic carbocycles. The fourth-order valence-electron chi connectivity index (χ4n) is 2.98. The van der Waals surface area contributed by atoms with Crippen molar-refractivity contribution in [2.24, 2.45) is 0 Å². The second kappa shape index (κ2) is 10.8. The van der Waals surface area contributed by atoms with Gasteiger partial charge in [0.05, 0.1) is 34.5 Å². The highest BCUT2D eigenvalue weighted by atomic mass is 16.6. The maximum absolute atomic E-state index is 5.80. The highest BCUT2D eigenvalue weighted by Crippen LogP contribution is 2.39. The Morgan fingerprint density at radius 3 is 2.23 bits per heavy atom. The molecule has 162 valence electrons. The summed E-state index contributed by atoms with van der Waals surface area (Å²) in [4.78, 5) is 0. The number of rotatable bonds is 12. The lowest BCUT2D eigenvalue weighted by Crippen LogP contribution is -2.05. The minimum Gasteiger partial charge on any atom is -0.493 e. The van der Waals surface area contributed by atoms with E-state index in [1.807, 2.05) is 36.4 Å². The van der Waals surface area contributed by atoms with Crippen LogP contribution < -0.4 is 23.7 Å². The molecule has 3 rings (SSSR count). The van der Waals surface area contributed by atoms with Gasteiger partial charge in [-0.1, -0.05) is 25.1 Å². The topological polar surface area (TPSA) is 58.7 Å². The van der Waals surface area contributed by atoms with Crippen molar-refractivity contribution in [3.63, 3.8) is 0 Å². The van der Waals surface area contributed by atoms with E-state index < -0.39 is 0 Å². The van der Waals surface area contributed by atoms with Crippen LogP contribution in [-0.2, 0) is 11.2 Å². The fraction of sp³-hybridized carbons (Fsp3) is 0.417. The van der Waals surface area contributed by atoms with Crippen molar-refractivity contribution in [2.45, 2.75) is 25.9 Å². The van der Waals surface area contributed by atoms with Gasteiger partial charge in [0.1, 0.15) is 12.7 Å². The van der Waals surface area contributed by atoms with Crippen molar-refractivity contribution in [3.05, 3.63) is 47.5 Å². The van der Waals surface area contributed by atoms with Crippen LogP contribution in [0.15, 0.2) is 36.4 Å². The monoisotopic (exact) mass is 414 g/mol. The van der Waals surface area contributed by atoms with Gasteiger partial charge in [0, 0.05) is 0 Å². The molecule has 1 saturated heterocycles. The Bertz CT molecular complexity index is 832. The Morgan fingerprint density at radius 1 is 0.933 bits per heavy atom. The number of hydrogen-bond acceptors (Lipinski definition) is 6. The zero-order chi connectivity index (χ0) is 21.3. The minimum absolute atomic E-state index is 0.213. The lowest BCUT2D eigenvalue weighted by Gasteiger charge is -2.15. The van der Waals surface area contributed by atoms with Crippen LogP contribution >= 0.6 is 0 Å². The van der Waals surface area contributed by atoms with Crippen LogP contribution in [0.2, 0.25) is 0 Å². The molecule has 1 atom stereocenters. The molecular formula is C24H30O6. The lowest BCUT2D eigenvalue weighted by molar-refractivity contribution is 0.252. The molecule has 0 N–H and O–H groups in total. The first-order chi connectivity index (χ1) is 14.7. The van der Waals surface area contributed by atoms with Crippen LogP contribution in [0.3, 0.4) is 0 Å². The molecule has 2 aromatic rings. The van der Waals surface area contributed by atoms with Crippen LogP contribution in [0.5, 0.6) is 28.7 Å². The SMILES string of the molecule is CCCOc1c(OC)cc(/C=C/Cc2ccc(OCC3CO3)c(OC)c2)cc1OC. The largest absolute Gasteiger partial charge is 0.493 e. The Balaban J connectivity index is 1.69. The van der Waals surface area contributed by atoms with Gasteiger partial charge in [-0.25, -0.2) is 0 Å². The molecule has 30 heavy (non-hydrogen) atoms. The van der Waals surface area contributed by atoms with E-state index in [0.29, 0.717) is 30.5 Å². The number of hydrogen-bond donors (Lipinski definition) is 0. The van der Waals surface area contributed by atoms with E-state index in [0.717, 1.165) is 42.1 Å². The Morgan fingerprint density at radius 2 is 1.63 bits per heavy atom. The van der Waals surface area contributed by atoms with E-state index in [1.54, 1.807) is 21.3 Å². The van der Waals surface area contributed by atoms with E-state index >= 15 is 0 Å². The standard InChI is InChI=1S/C24H30O6/c1-5-11-28-24-22(26-3)13-18(14-23(24)27-4)8-6-7-17-9-10-20(21(12-17)25-2)30-16-19-15-29-19/h6,8-10,12-14,19H,5,7,11,15-16H2,1-4H3/b8-6+. The van der Waals surface area contributed by atoms with Crippen LogP contribution in [0.1, 0.15) is 24.5 Å². The molecule has 0 amide bonds. The maximum Gasteiger partial charge on any atom is 0.203 e. The van der Waals surface area contributed by atoms with Gasteiger partial charge in [0.2, 0.25) is 5.75 Å². The molecule has 1 unspecified atom stereocenters. The molecule has 6 nitrogen and oxygen atoms in total. The van der Waals surface area contributed by atoms with Gasteiger partial charge < -0.3 is 28.4 Å². The van der Waals surface area contributed by atoms with Gasteiger partial charge in [-0.05, 0) is 48.2 Å². The molecule has 0 saturated carbocycles. The van der Waals surface area contributed by atoms with E-state index in [-0.39, 0.29) is 6.10 Å². The van der Waals surface area contributed by atoms with Gasteiger partial charge >= 0.3 is 0 Å². The summed E-state index contributed by atoms with van der Waals surface area (Å²) in [6.45, 7) is 3.99. The summed E-state index contributed by atoms with van der Waals surface area (Å²) in [5.41, 5.74) is 2.10. The van der Waals surface area contributed by atoms with Gasteiger partial charge in [0.25, 0.3) is 0 Å². The zero-order valence-electron chi connectivity index (χ0n) is 18.1. The molecule has 2 aromatic carbocycles. The van der Waals surface area contributed by atoms with Crippen molar-refractivity contribution in [2.75, 3.05) is 41.2 Å². The predicted molar refractivity (Wildman–Crippen MR) is 116 cm³/mol. The Kier molecular flexibility index (Phi) is 7.85. The molecule has 1 aliphatic rings. The average molecular weight is 414 g/mol. The summed E-state index contributed by atoms with van der Waals surface area (Å²) in [7, 11) is 4.91. The molecular weight excluding hydrogens is 384 g/mol. The Hall–Kier alpha value is -2.86. The molecule has 1 heterocycles. The third-order valence-corrected chi connectivity index (χ3v) is 4.65. The Labute approximate surface area is 178 Å². The number of benzene rings is 2. The second-order valence-corrected chi connectivity index (χ2v) is 6.96. The summed E-state index contributed by atoms with van der Waals surface area (Å²) >= 11 is 0. The molecule has 1 aliphatic heterocycles. The summed E-state index contributed by atoms with van der Waals surface area (Å²) < 4.78 is 33.2. The van der Waals surface area contributed by atoms with E-state index in [2.05, 4.69) is 13.0 Å². The van der Waals surface area contributed by atoms with Gasteiger partial charge in [-0.15, -0.1) is 0 Å². The van der Waals surface area contributed by atoms with Crippen molar-refractivity contribution < 1.29 is 28.4 Å². The quantitative estimate of drug-likeness (QED) is 0.476. The third-order valence-electron chi connectivity index (χ3n) is 4.65. The molecule has 0 radical (unpaired) electrons. The number of ether oxygens (including phenoxy) is 6. The first-order valence-electron chi connectivity index (χ1n) is 10.1. The summed E-state index contributed by atoms with van der Waals surface area (Å²) in [5, 5.41) is 0. The first kappa shape index (κ1) is 21.8. The third kappa shape index (κ3) is 5.83. The molecule has 1 fully saturated rings. The fourth-order valence-corrected chi connectivity index (χ4v) is 2.98. The summed E-state index contributed by atoms with van der Waals surface area (Å²) in [6.07, 6.45) is 6.01. The average Bonchev–Trinajstić information content (AvgIpc) is 3.60. The van der Waals surface area contributed by atoms with Crippen molar-refractivity contribution in [1.29, 1.82) is 0 Å². The van der Waals surface area contributed by atoms with Gasteiger partial charge in [-0.2, -0.15) is 0 Å². The van der Waals surface area contributed by atoms with Crippen molar-refractivity contribution >= 4 is 6.08 Å². The molecule has 0 bridgehead atoms. The minimum atomic E-state index is 0.213. The van der Waals surface area contributed by atoms with Crippen LogP contribution in [0, 0.1) is 0 Å². The number of allylic oxidation sites excluding steroid dienone is 1. The number of epoxide rings is 1. The number of methoxy groups -OCH3 is 3. The van der Waals surface area contributed by atoms with Crippen molar-refractivity contribution in [1.82, 2.24) is 0 Å². The van der Waals surface area contributed by atoms with E-state index in [4.69, 9.17) is 28.4 Å². The molecule has 0 aromatic heterocycles. The first-order valence-corrected chi connectivity index (χ1v) is 10.1. The normalized spacial score (nSPS) is 15.1. The summed E-state index contributed by atoms with van der Waals surface area (Å²) in [6, 6.07) is 9.87.